The predicted octanol–water partition coefficient (Wildman–Crippen LogP) is 1.82. The van der Waals surface area contributed by atoms with Crippen LogP contribution in [0.4, 0.5) is 9.59 Å². The first-order chi connectivity index (χ1) is 7.72. The Bertz CT molecular complexity index is 249. The fourth-order valence-corrected chi connectivity index (χ4v) is 2.03. The Morgan fingerprint density at radius 3 is 1.41 bits per heavy atom. The van der Waals surface area contributed by atoms with E-state index in [9.17, 15) is 9.59 Å². The van der Waals surface area contributed by atoms with Crippen LogP contribution in [0.5, 0.6) is 0 Å². The standard InChI is InChI=1S/C11H22N2O4/c1-7(2)11(8(3)4,5-12-9(14)15)6-13-10(16)17/h7-8,12-13H,5-6H2,1-4H3,(H,14,15)(H,16,17). The summed E-state index contributed by atoms with van der Waals surface area (Å²) in [5.74, 6) is 0.308. The van der Waals surface area contributed by atoms with Crippen LogP contribution in [0, 0.1) is 17.3 Å². The molecule has 0 aromatic carbocycles. The Labute approximate surface area is 101 Å². The van der Waals surface area contributed by atoms with Gasteiger partial charge in [0.2, 0.25) is 0 Å². The van der Waals surface area contributed by atoms with Gasteiger partial charge in [-0.25, -0.2) is 9.59 Å². The van der Waals surface area contributed by atoms with Gasteiger partial charge in [0.05, 0.1) is 0 Å². The van der Waals surface area contributed by atoms with Crippen molar-refractivity contribution in [2.75, 3.05) is 13.1 Å². The summed E-state index contributed by atoms with van der Waals surface area (Å²) in [6, 6.07) is 0. The lowest BCUT2D eigenvalue weighted by molar-refractivity contribution is 0.101. The third-order valence-electron chi connectivity index (χ3n) is 3.44. The van der Waals surface area contributed by atoms with Crippen molar-refractivity contribution in [2.45, 2.75) is 27.7 Å². The highest BCUT2D eigenvalue weighted by atomic mass is 16.4. The number of amides is 2. The molecule has 0 unspecified atom stereocenters. The van der Waals surface area contributed by atoms with Gasteiger partial charge in [-0.15, -0.1) is 0 Å². The maximum Gasteiger partial charge on any atom is 0.404 e. The lowest BCUT2D eigenvalue weighted by atomic mass is 9.68. The van der Waals surface area contributed by atoms with Gasteiger partial charge in [-0.2, -0.15) is 0 Å². The molecule has 0 aromatic heterocycles. The second-order valence-electron chi connectivity index (χ2n) is 4.86. The van der Waals surface area contributed by atoms with E-state index in [2.05, 4.69) is 10.6 Å². The fraction of sp³-hybridized carbons (Fsp3) is 0.818. The highest BCUT2D eigenvalue weighted by Crippen LogP contribution is 2.34. The van der Waals surface area contributed by atoms with Gasteiger partial charge in [-0.1, -0.05) is 27.7 Å². The Kier molecular flexibility index (Phi) is 5.78. The van der Waals surface area contributed by atoms with Crippen molar-refractivity contribution in [3.63, 3.8) is 0 Å². The third kappa shape index (κ3) is 4.50. The summed E-state index contributed by atoms with van der Waals surface area (Å²) in [5.41, 5.74) is -0.420. The first kappa shape index (κ1) is 15.5. The van der Waals surface area contributed by atoms with Crippen LogP contribution in [-0.4, -0.2) is 35.5 Å². The average Bonchev–Trinajstić information content (AvgIpc) is 2.16. The highest BCUT2D eigenvalue weighted by molar-refractivity contribution is 5.65. The molecule has 0 aliphatic rings. The van der Waals surface area contributed by atoms with E-state index in [4.69, 9.17) is 10.2 Å². The quantitative estimate of drug-likeness (QED) is 0.574. The molecule has 6 nitrogen and oxygen atoms in total. The summed E-state index contributed by atoms with van der Waals surface area (Å²) in [4.78, 5) is 21.2. The van der Waals surface area contributed by atoms with Gasteiger partial charge in [0.25, 0.3) is 0 Å². The Balaban J connectivity index is 4.85. The van der Waals surface area contributed by atoms with E-state index < -0.39 is 17.6 Å². The average molecular weight is 246 g/mol. The molecule has 2 amide bonds. The van der Waals surface area contributed by atoms with Crippen molar-refractivity contribution in [2.24, 2.45) is 17.3 Å². The normalized spacial score (nSPS) is 11.6. The summed E-state index contributed by atoms with van der Waals surface area (Å²) < 4.78 is 0. The molecule has 0 radical (unpaired) electrons. The Morgan fingerprint density at radius 1 is 0.941 bits per heavy atom. The van der Waals surface area contributed by atoms with Crippen LogP contribution in [0.1, 0.15) is 27.7 Å². The van der Waals surface area contributed by atoms with Gasteiger partial charge >= 0.3 is 12.2 Å². The summed E-state index contributed by atoms with van der Waals surface area (Å²) in [7, 11) is 0. The monoisotopic (exact) mass is 246 g/mol. The lowest BCUT2D eigenvalue weighted by Gasteiger charge is -2.41. The lowest BCUT2D eigenvalue weighted by Crippen LogP contribution is -2.51. The molecule has 0 rings (SSSR count). The van der Waals surface area contributed by atoms with E-state index in [0.29, 0.717) is 0 Å². The molecule has 0 atom stereocenters. The van der Waals surface area contributed by atoms with Gasteiger partial charge in [0.1, 0.15) is 0 Å². The van der Waals surface area contributed by atoms with E-state index in [1.54, 1.807) is 0 Å². The topological polar surface area (TPSA) is 98.7 Å². The maximum absolute atomic E-state index is 10.6. The van der Waals surface area contributed by atoms with E-state index in [1.165, 1.54) is 0 Å². The molecule has 0 bridgehead atoms. The number of carboxylic acid groups (broad SMARTS) is 2. The number of rotatable bonds is 6. The molecule has 0 heterocycles. The molecule has 0 aromatic rings. The zero-order valence-electron chi connectivity index (χ0n) is 10.8. The first-order valence-corrected chi connectivity index (χ1v) is 5.66. The molecule has 0 aliphatic heterocycles. The van der Waals surface area contributed by atoms with Gasteiger partial charge < -0.3 is 20.8 Å². The minimum atomic E-state index is -1.09. The van der Waals surface area contributed by atoms with Crippen LogP contribution in [0.15, 0.2) is 0 Å². The zero-order valence-corrected chi connectivity index (χ0v) is 10.8. The Morgan fingerprint density at radius 2 is 1.24 bits per heavy atom. The minimum absolute atomic E-state index is 0.154. The molecule has 0 fully saturated rings. The molecule has 0 saturated heterocycles. The summed E-state index contributed by atoms with van der Waals surface area (Å²) in [6.45, 7) is 8.33. The molecule has 6 heteroatoms. The summed E-state index contributed by atoms with van der Waals surface area (Å²) >= 11 is 0. The van der Waals surface area contributed by atoms with Crippen LogP contribution in [-0.2, 0) is 0 Å². The van der Waals surface area contributed by atoms with Crippen molar-refractivity contribution in [3.05, 3.63) is 0 Å². The molecule has 100 valence electrons. The van der Waals surface area contributed by atoms with Crippen molar-refractivity contribution in [3.8, 4) is 0 Å². The van der Waals surface area contributed by atoms with E-state index in [-0.39, 0.29) is 24.9 Å². The Hall–Kier alpha value is -1.46. The van der Waals surface area contributed by atoms with E-state index in [1.807, 2.05) is 27.7 Å². The molecule has 17 heavy (non-hydrogen) atoms. The molecule has 0 spiro atoms. The molecule has 0 aliphatic carbocycles. The van der Waals surface area contributed by atoms with E-state index in [0.717, 1.165) is 0 Å². The minimum Gasteiger partial charge on any atom is -0.465 e. The van der Waals surface area contributed by atoms with Crippen LogP contribution in [0.3, 0.4) is 0 Å². The number of carbonyl (C=O) groups is 2. The molecular weight excluding hydrogens is 224 g/mol. The third-order valence-corrected chi connectivity index (χ3v) is 3.44. The maximum atomic E-state index is 10.6. The number of nitrogens with one attached hydrogen (secondary N) is 2. The number of hydrogen-bond acceptors (Lipinski definition) is 2. The van der Waals surface area contributed by atoms with Gasteiger partial charge in [0.15, 0.2) is 0 Å². The van der Waals surface area contributed by atoms with Crippen LogP contribution < -0.4 is 10.6 Å². The van der Waals surface area contributed by atoms with Crippen LogP contribution >= 0.6 is 0 Å². The van der Waals surface area contributed by atoms with Crippen molar-refractivity contribution < 1.29 is 19.8 Å². The predicted molar refractivity (Wildman–Crippen MR) is 64.2 cm³/mol. The zero-order chi connectivity index (χ0) is 13.6. The fourth-order valence-electron chi connectivity index (χ4n) is 2.03. The van der Waals surface area contributed by atoms with Crippen molar-refractivity contribution >= 4 is 12.2 Å². The van der Waals surface area contributed by atoms with Crippen LogP contribution in [0.2, 0.25) is 0 Å². The SMILES string of the molecule is CC(C)C(CNC(=O)O)(CNC(=O)O)C(C)C. The first-order valence-electron chi connectivity index (χ1n) is 5.66. The molecular formula is C11H22N2O4. The highest BCUT2D eigenvalue weighted by Gasteiger charge is 2.37. The summed E-state index contributed by atoms with van der Waals surface area (Å²) in [6.07, 6.45) is -2.18. The van der Waals surface area contributed by atoms with Crippen molar-refractivity contribution in [1.82, 2.24) is 10.6 Å². The smallest absolute Gasteiger partial charge is 0.404 e. The largest absolute Gasteiger partial charge is 0.465 e. The summed E-state index contributed by atoms with van der Waals surface area (Å²) in [5, 5.41) is 22.1. The second-order valence-corrected chi connectivity index (χ2v) is 4.86. The number of hydrogen-bond donors (Lipinski definition) is 4. The molecule has 0 saturated carbocycles. The van der Waals surface area contributed by atoms with Gasteiger partial charge in [0, 0.05) is 18.5 Å². The van der Waals surface area contributed by atoms with Crippen molar-refractivity contribution in [1.29, 1.82) is 0 Å². The van der Waals surface area contributed by atoms with Gasteiger partial charge in [-0.3, -0.25) is 0 Å². The molecule has 4 N–H and O–H groups in total. The van der Waals surface area contributed by atoms with E-state index >= 15 is 0 Å². The van der Waals surface area contributed by atoms with Crippen LogP contribution in [0.25, 0.3) is 0 Å². The van der Waals surface area contributed by atoms with Gasteiger partial charge in [-0.05, 0) is 11.8 Å². The second kappa shape index (κ2) is 6.32.